The summed E-state index contributed by atoms with van der Waals surface area (Å²) in [6.07, 6.45) is 0. The highest BCUT2D eigenvalue weighted by Crippen LogP contribution is 2.08. The van der Waals surface area contributed by atoms with Gasteiger partial charge in [0.1, 0.15) is 12.6 Å². The quantitative estimate of drug-likeness (QED) is 0.861. The van der Waals surface area contributed by atoms with E-state index in [1.165, 1.54) is 11.3 Å². The molecule has 0 spiro atoms. The Morgan fingerprint density at radius 3 is 2.60 bits per heavy atom. The highest BCUT2D eigenvalue weighted by molar-refractivity contribution is 7.12. The van der Waals surface area contributed by atoms with Crippen LogP contribution >= 0.6 is 11.3 Å². The summed E-state index contributed by atoms with van der Waals surface area (Å²) in [6, 6.07) is 12.2. The third kappa shape index (κ3) is 3.93. The van der Waals surface area contributed by atoms with Crippen molar-refractivity contribution in [2.24, 2.45) is 0 Å². The minimum Gasteiger partial charge on any atom is -0.459 e. The third-order valence-corrected chi connectivity index (χ3v) is 3.54. The largest absolute Gasteiger partial charge is 0.459 e. The van der Waals surface area contributed by atoms with Crippen molar-refractivity contribution in [3.63, 3.8) is 0 Å². The minimum atomic E-state index is -0.673. The second-order valence-corrected chi connectivity index (χ2v) is 5.21. The molecule has 4 nitrogen and oxygen atoms in total. The fourth-order valence-corrected chi connectivity index (χ4v) is 2.21. The Bertz CT molecular complexity index is 566. The molecular weight excluding hydrogens is 274 g/mol. The summed E-state index contributed by atoms with van der Waals surface area (Å²) in [5.74, 6) is -0.706. The molecule has 104 valence electrons. The average molecular weight is 289 g/mol. The predicted octanol–water partition coefficient (Wildman–Crippen LogP) is 2.61. The van der Waals surface area contributed by atoms with E-state index in [0.29, 0.717) is 4.88 Å². The molecule has 1 aromatic heterocycles. The number of carbonyl (C=O) groups excluding carboxylic acids is 2. The smallest absolute Gasteiger partial charge is 0.328 e. The zero-order valence-electron chi connectivity index (χ0n) is 11.0. The molecule has 0 saturated heterocycles. The molecule has 1 atom stereocenters. The SMILES string of the molecule is C[C@@H](NC(=O)c1cccs1)C(=O)OCc1ccccc1. The number of benzene rings is 1. The van der Waals surface area contributed by atoms with Gasteiger partial charge >= 0.3 is 5.97 Å². The van der Waals surface area contributed by atoms with Crippen LogP contribution in [0.1, 0.15) is 22.2 Å². The van der Waals surface area contributed by atoms with E-state index in [0.717, 1.165) is 5.56 Å². The first kappa shape index (κ1) is 14.3. The van der Waals surface area contributed by atoms with Gasteiger partial charge in [-0.2, -0.15) is 0 Å². The van der Waals surface area contributed by atoms with Crippen LogP contribution in [-0.2, 0) is 16.1 Å². The summed E-state index contributed by atoms with van der Waals surface area (Å²) in [7, 11) is 0. The molecule has 2 aromatic rings. The van der Waals surface area contributed by atoms with Gasteiger partial charge in [-0.1, -0.05) is 36.4 Å². The summed E-state index contributed by atoms with van der Waals surface area (Å²) in [5, 5.41) is 4.43. The molecule has 0 radical (unpaired) electrons. The molecule has 1 aromatic carbocycles. The maximum absolute atomic E-state index is 11.8. The normalized spacial score (nSPS) is 11.7. The van der Waals surface area contributed by atoms with Gasteiger partial charge in [-0.3, -0.25) is 4.79 Å². The fourth-order valence-electron chi connectivity index (χ4n) is 1.59. The second kappa shape index (κ2) is 6.86. The molecular formula is C15H15NO3S. The number of carbonyl (C=O) groups is 2. The van der Waals surface area contributed by atoms with Crippen LogP contribution in [0.2, 0.25) is 0 Å². The van der Waals surface area contributed by atoms with E-state index in [-0.39, 0.29) is 12.5 Å². The average Bonchev–Trinajstić information content (AvgIpc) is 3.00. The van der Waals surface area contributed by atoms with E-state index in [4.69, 9.17) is 4.74 Å². The lowest BCUT2D eigenvalue weighted by molar-refractivity contribution is -0.146. The van der Waals surface area contributed by atoms with Gasteiger partial charge in [0, 0.05) is 0 Å². The minimum absolute atomic E-state index is 0.207. The molecule has 0 aliphatic heterocycles. The first-order valence-electron chi connectivity index (χ1n) is 6.22. The number of thiophene rings is 1. The van der Waals surface area contributed by atoms with E-state index in [9.17, 15) is 9.59 Å². The molecule has 0 fully saturated rings. The van der Waals surface area contributed by atoms with Crippen LogP contribution < -0.4 is 5.32 Å². The van der Waals surface area contributed by atoms with E-state index < -0.39 is 12.0 Å². The monoisotopic (exact) mass is 289 g/mol. The van der Waals surface area contributed by atoms with Crippen molar-refractivity contribution >= 4 is 23.2 Å². The van der Waals surface area contributed by atoms with Crippen LogP contribution in [0, 0.1) is 0 Å². The van der Waals surface area contributed by atoms with Gasteiger partial charge in [0.25, 0.3) is 5.91 Å². The maximum atomic E-state index is 11.8. The Balaban J connectivity index is 1.82. The number of esters is 1. The molecule has 0 aliphatic carbocycles. The van der Waals surface area contributed by atoms with Gasteiger partial charge < -0.3 is 10.1 Å². The van der Waals surface area contributed by atoms with E-state index in [1.54, 1.807) is 19.1 Å². The standard InChI is InChI=1S/C15H15NO3S/c1-11(16-14(17)13-8-5-9-20-13)15(18)19-10-12-6-3-2-4-7-12/h2-9,11H,10H2,1H3,(H,16,17)/t11-/m1/s1. The number of nitrogens with one attached hydrogen (secondary N) is 1. The van der Waals surface area contributed by atoms with Crippen molar-refractivity contribution in [2.75, 3.05) is 0 Å². The van der Waals surface area contributed by atoms with Gasteiger partial charge in [0.05, 0.1) is 4.88 Å². The highest BCUT2D eigenvalue weighted by atomic mass is 32.1. The van der Waals surface area contributed by atoms with Gasteiger partial charge in [-0.25, -0.2) is 4.79 Å². The van der Waals surface area contributed by atoms with Crippen molar-refractivity contribution in [1.82, 2.24) is 5.32 Å². The lowest BCUT2D eigenvalue weighted by Crippen LogP contribution is -2.39. The molecule has 5 heteroatoms. The van der Waals surface area contributed by atoms with Crippen LogP contribution in [0.25, 0.3) is 0 Å². The van der Waals surface area contributed by atoms with Gasteiger partial charge in [0.2, 0.25) is 0 Å². The maximum Gasteiger partial charge on any atom is 0.328 e. The Hall–Kier alpha value is -2.14. The van der Waals surface area contributed by atoms with Gasteiger partial charge in [-0.15, -0.1) is 11.3 Å². The molecule has 2 rings (SSSR count). The van der Waals surface area contributed by atoms with Crippen molar-refractivity contribution < 1.29 is 14.3 Å². The topological polar surface area (TPSA) is 55.4 Å². The summed E-state index contributed by atoms with van der Waals surface area (Å²) < 4.78 is 5.16. The molecule has 20 heavy (non-hydrogen) atoms. The summed E-state index contributed by atoms with van der Waals surface area (Å²) in [5.41, 5.74) is 0.914. The fraction of sp³-hybridized carbons (Fsp3) is 0.200. The van der Waals surface area contributed by atoms with Gasteiger partial charge in [-0.05, 0) is 23.9 Å². The van der Waals surface area contributed by atoms with Crippen LogP contribution in [-0.4, -0.2) is 17.9 Å². The highest BCUT2D eigenvalue weighted by Gasteiger charge is 2.18. The Kier molecular flexibility index (Phi) is 4.90. The van der Waals surface area contributed by atoms with Crippen molar-refractivity contribution in [2.45, 2.75) is 19.6 Å². The van der Waals surface area contributed by atoms with Crippen LogP contribution in [0.4, 0.5) is 0 Å². The number of hydrogen-bond donors (Lipinski definition) is 1. The predicted molar refractivity (Wildman–Crippen MR) is 77.5 cm³/mol. The van der Waals surface area contributed by atoms with Crippen LogP contribution in [0.3, 0.4) is 0 Å². The molecule has 0 unspecified atom stereocenters. The zero-order chi connectivity index (χ0) is 14.4. The molecule has 1 amide bonds. The molecule has 0 saturated carbocycles. The van der Waals surface area contributed by atoms with Crippen LogP contribution in [0.5, 0.6) is 0 Å². The Morgan fingerprint density at radius 2 is 1.95 bits per heavy atom. The molecule has 0 bridgehead atoms. The van der Waals surface area contributed by atoms with Crippen LogP contribution in [0.15, 0.2) is 47.8 Å². The van der Waals surface area contributed by atoms with E-state index in [1.807, 2.05) is 35.7 Å². The molecule has 1 N–H and O–H groups in total. The summed E-state index contributed by atoms with van der Waals surface area (Å²) in [4.78, 5) is 24.2. The van der Waals surface area contributed by atoms with Crippen molar-refractivity contribution in [3.05, 3.63) is 58.3 Å². The molecule has 1 heterocycles. The van der Waals surface area contributed by atoms with Crippen molar-refractivity contribution in [3.8, 4) is 0 Å². The first-order chi connectivity index (χ1) is 9.66. The first-order valence-corrected chi connectivity index (χ1v) is 7.09. The molecule has 0 aliphatic rings. The Morgan fingerprint density at radius 1 is 1.20 bits per heavy atom. The second-order valence-electron chi connectivity index (χ2n) is 4.27. The lowest BCUT2D eigenvalue weighted by atomic mass is 10.2. The third-order valence-electron chi connectivity index (χ3n) is 2.67. The zero-order valence-corrected chi connectivity index (χ0v) is 11.9. The lowest BCUT2D eigenvalue weighted by Gasteiger charge is -2.12. The van der Waals surface area contributed by atoms with E-state index in [2.05, 4.69) is 5.32 Å². The van der Waals surface area contributed by atoms with Crippen molar-refractivity contribution in [1.29, 1.82) is 0 Å². The number of rotatable bonds is 5. The number of ether oxygens (including phenoxy) is 1. The number of hydrogen-bond acceptors (Lipinski definition) is 4. The summed E-state index contributed by atoms with van der Waals surface area (Å²) in [6.45, 7) is 1.82. The van der Waals surface area contributed by atoms with E-state index >= 15 is 0 Å². The summed E-state index contributed by atoms with van der Waals surface area (Å²) >= 11 is 1.33. The number of amides is 1. The Labute approximate surface area is 121 Å². The van der Waals surface area contributed by atoms with Gasteiger partial charge in [0.15, 0.2) is 0 Å².